The van der Waals surface area contributed by atoms with Crippen LogP contribution >= 0.6 is 15.9 Å². The number of halogens is 1. The van der Waals surface area contributed by atoms with Crippen molar-refractivity contribution in [2.45, 2.75) is 32.3 Å². The zero-order valence-electron chi connectivity index (χ0n) is 15.4. The van der Waals surface area contributed by atoms with E-state index in [2.05, 4.69) is 36.2 Å². The summed E-state index contributed by atoms with van der Waals surface area (Å²) in [4.78, 5) is 21.6. The number of aromatic nitrogens is 4. The number of ether oxygens (including phenoxy) is 1. The van der Waals surface area contributed by atoms with Crippen molar-refractivity contribution in [3.63, 3.8) is 0 Å². The molecule has 29 heavy (non-hydrogen) atoms. The van der Waals surface area contributed by atoms with E-state index in [1.165, 1.54) is 0 Å². The van der Waals surface area contributed by atoms with Crippen LogP contribution in [-0.4, -0.2) is 26.3 Å². The van der Waals surface area contributed by atoms with Gasteiger partial charge in [0.1, 0.15) is 0 Å². The standard InChI is InChI=1S/C20H15BrN4O4/c1-10-17-14(8-15(11-5-6-11)22-19(17)29-24-10)20(26)27-9-16-23-18(25-28-16)12-3-2-4-13(21)7-12/h2-4,7-8,11H,5-6,9H2,1H3. The zero-order chi connectivity index (χ0) is 20.0. The fraction of sp³-hybridized carbons (Fsp3) is 0.250. The quantitative estimate of drug-likeness (QED) is 0.403. The lowest BCUT2D eigenvalue weighted by molar-refractivity contribution is 0.0432. The number of nitrogens with zero attached hydrogens (tertiary/aromatic N) is 4. The summed E-state index contributed by atoms with van der Waals surface area (Å²) in [6.07, 6.45) is 2.11. The van der Waals surface area contributed by atoms with E-state index in [1.807, 2.05) is 24.3 Å². The van der Waals surface area contributed by atoms with Crippen molar-refractivity contribution in [3.8, 4) is 11.4 Å². The maximum atomic E-state index is 12.8. The third-order valence-corrected chi connectivity index (χ3v) is 5.22. The van der Waals surface area contributed by atoms with Crippen LogP contribution < -0.4 is 0 Å². The van der Waals surface area contributed by atoms with Gasteiger partial charge in [0.05, 0.1) is 16.6 Å². The zero-order valence-corrected chi connectivity index (χ0v) is 17.0. The van der Waals surface area contributed by atoms with Gasteiger partial charge in [-0.05, 0) is 38.0 Å². The van der Waals surface area contributed by atoms with Gasteiger partial charge < -0.3 is 13.8 Å². The van der Waals surface area contributed by atoms with Crippen molar-refractivity contribution in [1.29, 1.82) is 0 Å². The summed E-state index contributed by atoms with van der Waals surface area (Å²) in [5.41, 5.74) is 2.97. The summed E-state index contributed by atoms with van der Waals surface area (Å²) in [7, 11) is 0. The van der Waals surface area contributed by atoms with E-state index in [9.17, 15) is 4.79 Å². The Kier molecular flexibility index (Phi) is 4.39. The van der Waals surface area contributed by atoms with Gasteiger partial charge in [-0.15, -0.1) is 0 Å². The van der Waals surface area contributed by atoms with E-state index < -0.39 is 5.97 Å². The number of pyridine rings is 1. The van der Waals surface area contributed by atoms with Crippen LogP contribution in [0.4, 0.5) is 0 Å². The van der Waals surface area contributed by atoms with Gasteiger partial charge in [0, 0.05) is 21.6 Å². The van der Waals surface area contributed by atoms with Gasteiger partial charge in [-0.25, -0.2) is 9.78 Å². The summed E-state index contributed by atoms with van der Waals surface area (Å²) < 4.78 is 16.8. The first-order chi connectivity index (χ1) is 14.1. The van der Waals surface area contributed by atoms with Crippen LogP contribution in [0.2, 0.25) is 0 Å². The minimum atomic E-state index is -0.507. The van der Waals surface area contributed by atoms with Crippen LogP contribution in [0.3, 0.4) is 0 Å². The molecule has 0 bridgehead atoms. The maximum absolute atomic E-state index is 12.8. The van der Waals surface area contributed by atoms with Gasteiger partial charge in [-0.1, -0.05) is 38.4 Å². The molecule has 1 fully saturated rings. The highest BCUT2D eigenvalue weighted by Gasteiger charge is 2.29. The van der Waals surface area contributed by atoms with Crippen molar-refractivity contribution >= 4 is 33.0 Å². The van der Waals surface area contributed by atoms with Gasteiger partial charge in [-0.3, -0.25) is 0 Å². The second-order valence-electron chi connectivity index (χ2n) is 6.92. The Morgan fingerprint density at radius 1 is 1.21 bits per heavy atom. The molecule has 1 aromatic carbocycles. The number of esters is 1. The number of fused-ring (bicyclic) bond motifs is 1. The lowest BCUT2D eigenvalue weighted by Gasteiger charge is -2.05. The van der Waals surface area contributed by atoms with Gasteiger partial charge in [0.2, 0.25) is 5.82 Å². The molecule has 146 valence electrons. The Bertz CT molecular complexity index is 1230. The Balaban J connectivity index is 1.37. The highest BCUT2D eigenvalue weighted by Crippen LogP contribution is 2.40. The molecule has 0 aliphatic heterocycles. The summed E-state index contributed by atoms with van der Waals surface area (Å²) in [6, 6.07) is 9.30. The third kappa shape index (κ3) is 3.53. The molecule has 0 atom stereocenters. The largest absolute Gasteiger partial charge is 0.452 e. The number of benzene rings is 1. The normalized spacial score (nSPS) is 13.7. The second-order valence-corrected chi connectivity index (χ2v) is 7.83. The van der Waals surface area contributed by atoms with Crippen LogP contribution in [0.5, 0.6) is 0 Å². The lowest BCUT2D eigenvalue weighted by atomic mass is 10.1. The Morgan fingerprint density at radius 2 is 2.07 bits per heavy atom. The van der Waals surface area contributed by atoms with Crippen LogP contribution in [0.25, 0.3) is 22.5 Å². The number of hydrogen-bond acceptors (Lipinski definition) is 8. The third-order valence-electron chi connectivity index (χ3n) is 4.73. The van der Waals surface area contributed by atoms with Gasteiger partial charge >= 0.3 is 5.97 Å². The number of aryl methyl sites for hydroxylation is 1. The predicted molar refractivity (Wildman–Crippen MR) is 105 cm³/mol. The van der Waals surface area contributed by atoms with Gasteiger partial charge in [0.25, 0.3) is 11.6 Å². The maximum Gasteiger partial charge on any atom is 0.339 e. The molecule has 8 nitrogen and oxygen atoms in total. The van der Waals surface area contributed by atoms with Crippen LogP contribution in [0, 0.1) is 6.92 Å². The Labute approximate surface area is 173 Å². The Hall–Kier alpha value is -3.07. The fourth-order valence-corrected chi connectivity index (χ4v) is 3.53. The number of hydrogen-bond donors (Lipinski definition) is 0. The highest BCUT2D eigenvalue weighted by atomic mass is 79.9. The molecule has 1 saturated carbocycles. The average molecular weight is 455 g/mol. The first-order valence-electron chi connectivity index (χ1n) is 9.11. The minimum absolute atomic E-state index is 0.132. The molecule has 3 heterocycles. The van der Waals surface area contributed by atoms with Crippen LogP contribution in [-0.2, 0) is 11.3 Å². The number of rotatable bonds is 5. The Morgan fingerprint density at radius 3 is 2.86 bits per heavy atom. The summed E-state index contributed by atoms with van der Waals surface area (Å²) in [5, 5.41) is 8.45. The fourth-order valence-electron chi connectivity index (χ4n) is 3.13. The molecular weight excluding hydrogens is 440 g/mol. The summed E-state index contributed by atoms with van der Waals surface area (Å²) >= 11 is 3.41. The van der Waals surface area contributed by atoms with Crippen molar-refractivity contribution in [1.82, 2.24) is 20.3 Å². The van der Waals surface area contributed by atoms with Crippen molar-refractivity contribution in [3.05, 3.63) is 57.6 Å². The van der Waals surface area contributed by atoms with E-state index in [1.54, 1.807) is 13.0 Å². The second kappa shape index (κ2) is 7.07. The van der Waals surface area contributed by atoms with E-state index in [0.29, 0.717) is 34.1 Å². The monoisotopic (exact) mass is 454 g/mol. The first kappa shape index (κ1) is 18.0. The molecule has 0 amide bonds. The lowest BCUT2D eigenvalue weighted by Crippen LogP contribution is -2.08. The van der Waals surface area contributed by atoms with Gasteiger partial charge in [0.15, 0.2) is 6.61 Å². The highest BCUT2D eigenvalue weighted by molar-refractivity contribution is 9.10. The number of carbonyl (C=O) groups is 1. The summed E-state index contributed by atoms with van der Waals surface area (Å²) in [5.74, 6) is 0.491. The van der Waals surface area contributed by atoms with E-state index in [-0.39, 0.29) is 12.5 Å². The number of carbonyl (C=O) groups excluding carboxylic acids is 1. The average Bonchev–Trinajstić information content (AvgIpc) is 3.35. The predicted octanol–water partition coefficient (Wildman–Crippen LogP) is 4.58. The molecule has 9 heteroatoms. The molecule has 1 aliphatic carbocycles. The molecule has 0 saturated heterocycles. The molecule has 5 rings (SSSR count). The first-order valence-corrected chi connectivity index (χ1v) is 9.90. The molecule has 0 N–H and O–H groups in total. The molecule has 4 aromatic rings. The molecule has 1 aliphatic rings. The van der Waals surface area contributed by atoms with E-state index in [4.69, 9.17) is 13.8 Å². The smallest absolute Gasteiger partial charge is 0.339 e. The summed E-state index contributed by atoms with van der Waals surface area (Å²) in [6.45, 7) is 1.64. The van der Waals surface area contributed by atoms with Gasteiger partial charge in [-0.2, -0.15) is 4.98 Å². The van der Waals surface area contributed by atoms with Crippen molar-refractivity contribution in [2.75, 3.05) is 0 Å². The molecule has 3 aromatic heterocycles. The van der Waals surface area contributed by atoms with E-state index >= 15 is 0 Å². The molecule has 0 radical (unpaired) electrons. The van der Waals surface area contributed by atoms with Crippen molar-refractivity contribution < 1.29 is 18.6 Å². The topological polar surface area (TPSA) is 104 Å². The van der Waals surface area contributed by atoms with Crippen LogP contribution in [0.15, 0.2) is 43.9 Å². The molecular formula is C20H15BrN4O4. The minimum Gasteiger partial charge on any atom is -0.452 e. The molecule has 0 spiro atoms. The van der Waals surface area contributed by atoms with Crippen LogP contribution in [0.1, 0.15) is 46.4 Å². The molecule has 0 unspecified atom stereocenters. The SMILES string of the molecule is Cc1noc2nc(C3CC3)cc(C(=O)OCc3nc(-c4cccc(Br)c4)no3)c12. The van der Waals surface area contributed by atoms with E-state index in [0.717, 1.165) is 28.6 Å². The van der Waals surface area contributed by atoms with Crippen molar-refractivity contribution in [2.24, 2.45) is 0 Å².